The molecule has 3 nitrogen and oxygen atoms in total. The van der Waals surface area contributed by atoms with Crippen LogP contribution in [0.1, 0.15) is 33.1 Å². The fraction of sp³-hybridized carbons (Fsp3) is 1.00. The summed E-state index contributed by atoms with van der Waals surface area (Å²) in [6, 6.07) is 0. The maximum absolute atomic E-state index is 10.1. The SMILES string of the molecule is CCCC(OCC)C(O)C1CCOC1. The molecule has 0 radical (unpaired) electrons. The molecule has 3 heteroatoms. The van der Waals surface area contributed by atoms with E-state index < -0.39 is 0 Å². The van der Waals surface area contributed by atoms with Crippen LogP contribution < -0.4 is 0 Å². The first-order chi connectivity index (χ1) is 6.79. The molecule has 14 heavy (non-hydrogen) atoms. The standard InChI is InChI=1S/C11H22O3/c1-3-5-10(14-4-2)11(12)9-6-7-13-8-9/h9-12H,3-8H2,1-2H3. The second-order valence-electron chi connectivity index (χ2n) is 3.90. The van der Waals surface area contributed by atoms with Crippen LogP contribution in [-0.4, -0.2) is 37.1 Å². The zero-order valence-electron chi connectivity index (χ0n) is 9.24. The number of aliphatic hydroxyl groups excluding tert-OH is 1. The van der Waals surface area contributed by atoms with E-state index in [-0.39, 0.29) is 18.1 Å². The Hall–Kier alpha value is -0.120. The van der Waals surface area contributed by atoms with Gasteiger partial charge >= 0.3 is 0 Å². The summed E-state index contributed by atoms with van der Waals surface area (Å²) in [5, 5.41) is 10.1. The number of hydrogen-bond acceptors (Lipinski definition) is 3. The average Bonchev–Trinajstić information content (AvgIpc) is 2.69. The highest BCUT2D eigenvalue weighted by atomic mass is 16.5. The molecule has 3 atom stereocenters. The van der Waals surface area contributed by atoms with Gasteiger partial charge in [-0.1, -0.05) is 13.3 Å². The predicted octanol–water partition coefficient (Wildman–Crippen LogP) is 1.59. The van der Waals surface area contributed by atoms with E-state index in [2.05, 4.69) is 6.92 Å². The van der Waals surface area contributed by atoms with Crippen molar-refractivity contribution in [3.63, 3.8) is 0 Å². The van der Waals surface area contributed by atoms with Crippen LogP contribution in [0, 0.1) is 5.92 Å². The van der Waals surface area contributed by atoms with Crippen molar-refractivity contribution in [3.05, 3.63) is 0 Å². The van der Waals surface area contributed by atoms with Gasteiger partial charge in [-0.3, -0.25) is 0 Å². The van der Waals surface area contributed by atoms with E-state index in [0.29, 0.717) is 13.2 Å². The monoisotopic (exact) mass is 202 g/mol. The van der Waals surface area contributed by atoms with E-state index in [0.717, 1.165) is 25.9 Å². The molecule has 3 unspecified atom stereocenters. The van der Waals surface area contributed by atoms with Gasteiger partial charge in [-0.15, -0.1) is 0 Å². The Morgan fingerprint density at radius 1 is 1.50 bits per heavy atom. The summed E-state index contributed by atoms with van der Waals surface area (Å²) in [4.78, 5) is 0. The average molecular weight is 202 g/mol. The number of rotatable bonds is 6. The third-order valence-electron chi connectivity index (χ3n) is 2.78. The van der Waals surface area contributed by atoms with Crippen LogP contribution in [0.15, 0.2) is 0 Å². The Balaban J connectivity index is 2.39. The molecule has 1 heterocycles. The van der Waals surface area contributed by atoms with Crippen molar-refractivity contribution in [2.45, 2.75) is 45.3 Å². The highest BCUT2D eigenvalue weighted by Crippen LogP contribution is 2.22. The molecule has 0 saturated carbocycles. The second kappa shape index (κ2) is 6.38. The summed E-state index contributed by atoms with van der Waals surface area (Å²) >= 11 is 0. The van der Waals surface area contributed by atoms with E-state index in [9.17, 15) is 5.11 Å². The molecule has 1 N–H and O–H groups in total. The van der Waals surface area contributed by atoms with Crippen LogP contribution in [0.3, 0.4) is 0 Å². The van der Waals surface area contributed by atoms with E-state index >= 15 is 0 Å². The fourth-order valence-electron chi connectivity index (χ4n) is 1.98. The summed E-state index contributed by atoms with van der Waals surface area (Å²) in [6.07, 6.45) is 2.60. The predicted molar refractivity (Wildman–Crippen MR) is 55.3 cm³/mol. The number of ether oxygens (including phenoxy) is 2. The largest absolute Gasteiger partial charge is 0.390 e. The normalized spacial score (nSPS) is 26.4. The molecular weight excluding hydrogens is 180 g/mol. The van der Waals surface area contributed by atoms with Crippen LogP contribution in [0.25, 0.3) is 0 Å². The number of aliphatic hydroxyl groups is 1. The molecule has 1 rings (SSSR count). The Labute approximate surface area is 86.4 Å². The summed E-state index contributed by atoms with van der Waals surface area (Å²) in [5.41, 5.74) is 0. The van der Waals surface area contributed by atoms with Gasteiger partial charge in [-0.05, 0) is 19.8 Å². The zero-order valence-corrected chi connectivity index (χ0v) is 9.24. The summed E-state index contributed by atoms with van der Waals surface area (Å²) in [7, 11) is 0. The molecular formula is C11H22O3. The quantitative estimate of drug-likeness (QED) is 0.711. The molecule has 1 fully saturated rings. The van der Waals surface area contributed by atoms with Crippen LogP contribution in [0.4, 0.5) is 0 Å². The van der Waals surface area contributed by atoms with Crippen LogP contribution >= 0.6 is 0 Å². The van der Waals surface area contributed by atoms with E-state index in [4.69, 9.17) is 9.47 Å². The third kappa shape index (κ3) is 3.23. The van der Waals surface area contributed by atoms with Gasteiger partial charge < -0.3 is 14.6 Å². The first kappa shape index (κ1) is 12.0. The molecule has 0 aromatic rings. The lowest BCUT2D eigenvalue weighted by molar-refractivity contribution is -0.0627. The van der Waals surface area contributed by atoms with Crippen molar-refractivity contribution >= 4 is 0 Å². The Morgan fingerprint density at radius 2 is 2.29 bits per heavy atom. The van der Waals surface area contributed by atoms with Gasteiger partial charge in [0.2, 0.25) is 0 Å². The van der Waals surface area contributed by atoms with Crippen molar-refractivity contribution in [3.8, 4) is 0 Å². The second-order valence-corrected chi connectivity index (χ2v) is 3.90. The van der Waals surface area contributed by atoms with Gasteiger partial charge in [0.1, 0.15) is 0 Å². The molecule has 0 amide bonds. The molecule has 0 aliphatic carbocycles. The van der Waals surface area contributed by atoms with Crippen molar-refractivity contribution in [2.75, 3.05) is 19.8 Å². The first-order valence-electron chi connectivity index (χ1n) is 5.67. The van der Waals surface area contributed by atoms with E-state index in [1.54, 1.807) is 0 Å². The van der Waals surface area contributed by atoms with Gasteiger partial charge in [0, 0.05) is 19.1 Å². The maximum atomic E-state index is 10.1. The minimum absolute atomic E-state index is 0.00306. The van der Waals surface area contributed by atoms with Gasteiger partial charge in [-0.25, -0.2) is 0 Å². The minimum Gasteiger partial charge on any atom is -0.390 e. The summed E-state index contributed by atoms with van der Waals surface area (Å²) in [6.45, 7) is 6.24. The lowest BCUT2D eigenvalue weighted by Crippen LogP contribution is -2.36. The van der Waals surface area contributed by atoms with Crippen LogP contribution in [-0.2, 0) is 9.47 Å². The molecule has 0 bridgehead atoms. The highest BCUT2D eigenvalue weighted by Gasteiger charge is 2.30. The minimum atomic E-state index is -0.350. The van der Waals surface area contributed by atoms with E-state index in [1.807, 2.05) is 6.92 Å². The van der Waals surface area contributed by atoms with Crippen molar-refractivity contribution in [1.82, 2.24) is 0 Å². The Bertz CT molecular complexity index is 137. The van der Waals surface area contributed by atoms with Gasteiger partial charge in [0.15, 0.2) is 0 Å². The maximum Gasteiger partial charge on any atom is 0.0852 e. The molecule has 1 aliphatic rings. The first-order valence-corrected chi connectivity index (χ1v) is 5.67. The molecule has 1 aliphatic heterocycles. The molecule has 0 aromatic carbocycles. The smallest absolute Gasteiger partial charge is 0.0852 e. The lowest BCUT2D eigenvalue weighted by Gasteiger charge is -2.26. The topological polar surface area (TPSA) is 38.7 Å². The fourth-order valence-corrected chi connectivity index (χ4v) is 1.98. The van der Waals surface area contributed by atoms with Crippen molar-refractivity contribution in [1.29, 1.82) is 0 Å². The molecule has 84 valence electrons. The highest BCUT2D eigenvalue weighted by molar-refractivity contribution is 4.79. The van der Waals surface area contributed by atoms with Crippen LogP contribution in [0.2, 0.25) is 0 Å². The zero-order chi connectivity index (χ0) is 10.4. The Kier molecular flexibility index (Phi) is 5.45. The van der Waals surface area contributed by atoms with Crippen molar-refractivity contribution < 1.29 is 14.6 Å². The van der Waals surface area contributed by atoms with Crippen LogP contribution in [0.5, 0.6) is 0 Å². The van der Waals surface area contributed by atoms with Gasteiger partial charge in [0.25, 0.3) is 0 Å². The van der Waals surface area contributed by atoms with E-state index in [1.165, 1.54) is 0 Å². The van der Waals surface area contributed by atoms with Gasteiger partial charge in [-0.2, -0.15) is 0 Å². The van der Waals surface area contributed by atoms with Crippen molar-refractivity contribution in [2.24, 2.45) is 5.92 Å². The molecule has 1 saturated heterocycles. The number of hydrogen-bond donors (Lipinski definition) is 1. The van der Waals surface area contributed by atoms with Gasteiger partial charge in [0.05, 0.1) is 18.8 Å². The lowest BCUT2D eigenvalue weighted by atomic mass is 9.95. The molecule has 0 spiro atoms. The summed E-state index contributed by atoms with van der Waals surface area (Å²) in [5.74, 6) is 0.276. The molecule has 0 aromatic heterocycles. The summed E-state index contributed by atoms with van der Waals surface area (Å²) < 4.78 is 10.8. The third-order valence-corrected chi connectivity index (χ3v) is 2.78. The Morgan fingerprint density at radius 3 is 2.79 bits per heavy atom.